The van der Waals surface area contributed by atoms with E-state index in [1.807, 2.05) is 6.20 Å². The summed E-state index contributed by atoms with van der Waals surface area (Å²) in [6.07, 6.45) is 5.80. The summed E-state index contributed by atoms with van der Waals surface area (Å²) in [6.45, 7) is 0. The molecule has 0 fully saturated rings. The number of nitrogens with one attached hydrogen (secondary N) is 2. The van der Waals surface area contributed by atoms with Gasteiger partial charge in [-0.05, 0) is 49.6 Å². The second kappa shape index (κ2) is 4.99. The van der Waals surface area contributed by atoms with Gasteiger partial charge >= 0.3 is 0 Å². The Labute approximate surface area is 108 Å². The minimum Gasteiger partial charge on any atom is -0.364 e. The third-order valence-corrected chi connectivity index (χ3v) is 4.09. The van der Waals surface area contributed by atoms with Gasteiger partial charge in [-0.15, -0.1) is 0 Å². The standard InChI is InChI=1S/C16H20N2/c1-17-16(15-10-5-11-18-15)14-9-4-7-12-6-2-3-8-13(12)14/h2-3,5-6,8,10-11,14,16-18H,4,7,9H2,1H3. The van der Waals surface area contributed by atoms with Crippen LogP contribution < -0.4 is 5.32 Å². The van der Waals surface area contributed by atoms with Gasteiger partial charge in [0.25, 0.3) is 0 Å². The fraction of sp³-hybridized carbons (Fsp3) is 0.375. The number of hydrogen-bond donors (Lipinski definition) is 2. The molecule has 0 bridgehead atoms. The van der Waals surface area contributed by atoms with E-state index in [0.29, 0.717) is 12.0 Å². The highest BCUT2D eigenvalue weighted by atomic mass is 14.9. The van der Waals surface area contributed by atoms with E-state index in [1.165, 1.54) is 36.1 Å². The van der Waals surface area contributed by atoms with Crippen molar-refractivity contribution in [2.24, 2.45) is 0 Å². The molecule has 94 valence electrons. The molecule has 1 heterocycles. The molecule has 18 heavy (non-hydrogen) atoms. The van der Waals surface area contributed by atoms with Gasteiger partial charge < -0.3 is 10.3 Å². The summed E-state index contributed by atoms with van der Waals surface area (Å²) < 4.78 is 0. The molecule has 2 N–H and O–H groups in total. The molecule has 0 radical (unpaired) electrons. The Kier molecular flexibility index (Phi) is 3.20. The van der Waals surface area contributed by atoms with Gasteiger partial charge in [0.05, 0.1) is 6.04 Å². The van der Waals surface area contributed by atoms with Crippen LogP contribution in [-0.4, -0.2) is 12.0 Å². The molecule has 1 aromatic heterocycles. The molecule has 1 aliphatic rings. The van der Waals surface area contributed by atoms with E-state index in [2.05, 4.69) is 53.7 Å². The van der Waals surface area contributed by atoms with Gasteiger partial charge in [-0.25, -0.2) is 0 Å². The highest BCUT2D eigenvalue weighted by Crippen LogP contribution is 2.39. The number of benzene rings is 1. The highest BCUT2D eigenvalue weighted by Gasteiger charge is 2.28. The maximum absolute atomic E-state index is 3.48. The lowest BCUT2D eigenvalue weighted by molar-refractivity contribution is 0.419. The molecule has 0 spiro atoms. The zero-order chi connectivity index (χ0) is 12.4. The second-order valence-electron chi connectivity index (χ2n) is 5.09. The summed E-state index contributed by atoms with van der Waals surface area (Å²) in [7, 11) is 2.06. The molecule has 1 aromatic carbocycles. The van der Waals surface area contributed by atoms with Gasteiger partial charge in [-0.1, -0.05) is 24.3 Å². The summed E-state index contributed by atoms with van der Waals surface area (Å²) in [6, 6.07) is 13.5. The molecule has 3 rings (SSSR count). The zero-order valence-electron chi connectivity index (χ0n) is 10.8. The third kappa shape index (κ3) is 1.97. The van der Waals surface area contributed by atoms with Crippen LogP contribution in [0.5, 0.6) is 0 Å². The Morgan fingerprint density at radius 3 is 2.89 bits per heavy atom. The molecule has 2 heteroatoms. The van der Waals surface area contributed by atoms with E-state index < -0.39 is 0 Å². The van der Waals surface area contributed by atoms with Crippen molar-refractivity contribution in [2.45, 2.75) is 31.2 Å². The summed E-state index contributed by atoms with van der Waals surface area (Å²) in [4.78, 5) is 3.35. The third-order valence-electron chi connectivity index (χ3n) is 4.09. The van der Waals surface area contributed by atoms with Crippen LogP contribution in [0.25, 0.3) is 0 Å². The van der Waals surface area contributed by atoms with Crippen LogP contribution in [0.15, 0.2) is 42.6 Å². The van der Waals surface area contributed by atoms with Crippen LogP contribution >= 0.6 is 0 Å². The van der Waals surface area contributed by atoms with Crippen molar-refractivity contribution < 1.29 is 0 Å². The first-order chi connectivity index (χ1) is 8.90. The lowest BCUT2D eigenvalue weighted by Gasteiger charge is -2.32. The molecule has 2 aromatic rings. The number of aromatic nitrogens is 1. The normalized spacial score (nSPS) is 20.4. The Morgan fingerprint density at radius 2 is 2.11 bits per heavy atom. The molecular weight excluding hydrogens is 220 g/mol. The van der Waals surface area contributed by atoms with Gasteiger partial charge in [0.1, 0.15) is 0 Å². The van der Waals surface area contributed by atoms with E-state index in [4.69, 9.17) is 0 Å². The Balaban J connectivity index is 1.97. The van der Waals surface area contributed by atoms with Crippen LogP contribution in [0.4, 0.5) is 0 Å². The van der Waals surface area contributed by atoms with Crippen molar-refractivity contribution in [3.63, 3.8) is 0 Å². The molecule has 2 nitrogen and oxygen atoms in total. The zero-order valence-corrected chi connectivity index (χ0v) is 10.8. The van der Waals surface area contributed by atoms with Crippen molar-refractivity contribution in [2.75, 3.05) is 7.05 Å². The molecule has 2 atom stereocenters. The van der Waals surface area contributed by atoms with Crippen LogP contribution in [0, 0.1) is 0 Å². The topological polar surface area (TPSA) is 27.8 Å². The Bertz CT molecular complexity index is 502. The number of H-pyrrole nitrogens is 1. The molecular formula is C16H20N2. The van der Waals surface area contributed by atoms with Crippen molar-refractivity contribution >= 4 is 0 Å². The van der Waals surface area contributed by atoms with Crippen LogP contribution in [-0.2, 0) is 6.42 Å². The Hall–Kier alpha value is -1.54. The lowest BCUT2D eigenvalue weighted by atomic mass is 9.78. The van der Waals surface area contributed by atoms with Crippen molar-refractivity contribution in [3.8, 4) is 0 Å². The SMILES string of the molecule is CNC(c1ccc[nH]1)C1CCCc2ccccc21. The summed E-state index contributed by atoms with van der Waals surface area (Å²) >= 11 is 0. The van der Waals surface area contributed by atoms with Crippen molar-refractivity contribution in [3.05, 3.63) is 59.4 Å². The molecule has 0 aliphatic heterocycles. The first-order valence-electron chi connectivity index (χ1n) is 6.78. The average Bonchev–Trinajstić information content (AvgIpc) is 2.94. The molecule has 0 saturated carbocycles. The predicted octanol–water partition coefficient (Wildman–Crippen LogP) is 3.40. The number of aryl methyl sites for hydroxylation is 1. The monoisotopic (exact) mass is 240 g/mol. The van der Waals surface area contributed by atoms with Crippen molar-refractivity contribution in [1.29, 1.82) is 0 Å². The number of likely N-dealkylation sites (N-methyl/N-ethyl adjacent to an activating group) is 1. The van der Waals surface area contributed by atoms with Gasteiger partial charge in [0.2, 0.25) is 0 Å². The van der Waals surface area contributed by atoms with Gasteiger partial charge in [0.15, 0.2) is 0 Å². The molecule has 1 aliphatic carbocycles. The average molecular weight is 240 g/mol. The first-order valence-corrected chi connectivity index (χ1v) is 6.78. The maximum Gasteiger partial charge on any atom is 0.0540 e. The van der Waals surface area contributed by atoms with Crippen LogP contribution in [0.1, 0.15) is 41.6 Å². The minimum absolute atomic E-state index is 0.390. The van der Waals surface area contributed by atoms with E-state index >= 15 is 0 Å². The second-order valence-corrected chi connectivity index (χ2v) is 5.09. The van der Waals surface area contributed by atoms with E-state index in [0.717, 1.165) is 0 Å². The summed E-state index contributed by atoms with van der Waals surface area (Å²) in [5.41, 5.74) is 4.34. The van der Waals surface area contributed by atoms with Crippen LogP contribution in [0.3, 0.4) is 0 Å². The van der Waals surface area contributed by atoms with Gasteiger partial charge in [0, 0.05) is 17.8 Å². The maximum atomic E-state index is 3.48. The number of rotatable bonds is 3. The van der Waals surface area contributed by atoms with Gasteiger partial charge in [-0.3, -0.25) is 0 Å². The van der Waals surface area contributed by atoms with E-state index in [-0.39, 0.29) is 0 Å². The molecule has 0 amide bonds. The fourth-order valence-corrected chi connectivity index (χ4v) is 3.25. The van der Waals surface area contributed by atoms with E-state index in [1.54, 1.807) is 0 Å². The van der Waals surface area contributed by atoms with Gasteiger partial charge in [-0.2, -0.15) is 0 Å². The van der Waals surface area contributed by atoms with Crippen LogP contribution in [0.2, 0.25) is 0 Å². The number of fused-ring (bicyclic) bond motifs is 1. The highest BCUT2D eigenvalue weighted by molar-refractivity contribution is 5.35. The predicted molar refractivity (Wildman–Crippen MR) is 74.7 cm³/mol. The van der Waals surface area contributed by atoms with Crippen molar-refractivity contribution in [1.82, 2.24) is 10.3 Å². The summed E-state index contributed by atoms with van der Waals surface area (Å²) in [5, 5.41) is 3.48. The molecule has 2 unspecified atom stereocenters. The molecule has 0 saturated heterocycles. The number of hydrogen-bond acceptors (Lipinski definition) is 1. The summed E-state index contributed by atoms with van der Waals surface area (Å²) in [5.74, 6) is 0.582. The quantitative estimate of drug-likeness (QED) is 0.845. The lowest BCUT2D eigenvalue weighted by Crippen LogP contribution is -2.27. The number of aromatic amines is 1. The first kappa shape index (κ1) is 11.5. The smallest absolute Gasteiger partial charge is 0.0540 e. The largest absolute Gasteiger partial charge is 0.364 e. The Morgan fingerprint density at radius 1 is 1.22 bits per heavy atom. The minimum atomic E-state index is 0.390. The van der Waals surface area contributed by atoms with E-state index in [9.17, 15) is 0 Å². The fourth-order valence-electron chi connectivity index (χ4n) is 3.25.